The Labute approximate surface area is 169 Å². The van der Waals surface area contributed by atoms with Crippen LogP contribution >= 0.6 is 0 Å². The van der Waals surface area contributed by atoms with Crippen LogP contribution in [0.2, 0.25) is 0 Å². The molecule has 2 N–H and O–H groups in total. The molecule has 1 aliphatic heterocycles. The molecule has 3 heterocycles. The van der Waals surface area contributed by atoms with E-state index < -0.39 is 11.0 Å². The minimum atomic E-state index is -0.935. The average molecular weight is 395 g/mol. The van der Waals surface area contributed by atoms with Crippen molar-refractivity contribution in [2.24, 2.45) is 17.3 Å². The summed E-state index contributed by atoms with van der Waals surface area (Å²) in [6.45, 7) is 6.15. The summed E-state index contributed by atoms with van der Waals surface area (Å²) in [4.78, 5) is 23.5. The molecule has 2 aromatic heterocycles. The van der Waals surface area contributed by atoms with Crippen molar-refractivity contribution in [1.29, 1.82) is 5.26 Å². The number of nitrogens with one attached hydrogen (secondary N) is 1. The van der Waals surface area contributed by atoms with E-state index in [1.54, 1.807) is 34.2 Å². The monoisotopic (exact) mass is 395 g/mol. The molecule has 152 valence electrons. The molecular formula is C20H25N7O2. The Bertz CT molecular complexity index is 975. The van der Waals surface area contributed by atoms with Crippen LogP contribution in [0.3, 0.4) is 0 Å². The second kappa shape index (κ2) is 6.81. The Kier molecular flexibility index (Phi) is 4.54. The Morgan fingerprint density at radius 2 is 2.21 bits per heavy atom. The quantitative estimate of drug-likeness (QED) is 0.768. The van der Waals surface area contributed by atoms with E-state index in [2.05, 4.69) is 26.5 Å². The lowest BCUT2D eigenvalue weighted by molar-refractivity contribution is -0.124. The Morgan fingerprint density at radius 1 is 1.45 bits per heavy atom. The number of nitrogens with zero attached hydrogens (tertiary/aromatic N) is 6. The van der Waals surface area contributed by atoms with E-state index in [1.165, 1.54) is 0 Å². The first-order valence-electron chi connectivity index (χ1n) is 9.81. The maximum Gasteiger partial charge on any atom is 0.249 e. The SMILES string of the molecule is C[C@@H]1CN(c2ccnc(Nc3cnn(C(C)(C)CO)c3)n2)C(=O)[C@]1(C#N)C1CC1. The fraction of sp³-hybridized carbons (Fsp3) is 0.550. The average Bonchev–Trinajstić information content (AvgIpc) is 3.38. The second-order valence-electron chi connectivity index (χ2n) is 8.58. The first-order chi connectivity index (χ1) is 13.8. The smallest absolute Gasteiger partial charge is 0.249 e. The highest BCUT2D eigenvalue weighted by atomic mass is 16.3. The summed E-state index contributed by atoms with van der Waals surface area (Å²) < 4.78 is 1.67. The summed E-state index contributed by atoms with van der Waals surface area (Å²) in [5.41, 5.74) is -0.783. The Hall–Kier alpha value is -2.99. The third-order valence-corrected chi connectivity index (χ3v) is 6.00. The van der Waals surface area contributed by atoms with Gasteiger partial charge in [-0.1, -0.05) is 6.92 Å². The van der Waals surface area contributed by atoms with E-state index in [1.807, 2.05) is 20.8 Å². The molecule has 0 aromatic carbocycles. The van der Waals surface area contributed by atoms with Gasteiger partial charge in [-0.3, -0.25) is 14.4 Å². The van der Waals surface area contributed by atoms with Gasteiger partial charge in [0.05, 0.1) is 30.1 Å². The zero-order valence-electron chi connectivity index (χ0n) is 16.8. The van der Waals surface area contributed by atoms with Gasteiger partial charge in [0.2, 0.25) is 11.9 Å². The Balaban J connectivity index is 1.56. The molecule has 0 spiro atoms. The van der Waals surface area contributed by atoms with Crippen molar-refractivity contribution in [3.63, 3.8) is 0 Å². The summed E-state index contributed by atoms with van der Waals surface area (Å²) in [5.74, 6) is 0.778. The molecule has 0 radical (unpaired) electrons. The van der Waals surface area contributed by atoms with E-state index in [-0.39, 0.29) is 24.3 Å². The highest BCUT2D eigenvalue weighted by Crippen LogP contribution is 2.54. The summed E-state index contributed by atoms with van der Waals surface area (Å²) in [7, 11) is 0. The maximum atomic E-state index is 13.2. The van der Waals surface area contributed by atoms with E-state index in [0.717, 1.165) is 12.8 Å². The van der Waals surface area contributed by atoms with Crippen LogP contribution < -0.4 is 10.2 Å². The summed E-state index contributed by atoms with van der Waals surface area (Å²) in [6.07, 6.45) is 6.85. The van der Waals surface area contributed by atoms with Crippen molar-refractivity contribution >= 4 is 23.4 Å². The van der Waals surface area contributed by atoms with Gasteiger partial charge in [-0.25, -0.2) is 4.98 Å². The highest BCUT2D eigenvalue weighted by Gasteiger charge is 2.61. The molecule has 9 nitrogen and oxygen atoms in total. The van der Waals surface area contributed by atoms with Gasteiger partial charge in [0.25, 0.3) is 0 Å². The van der Waals surface area contributed by atoms with E-state index in [9.17, 15) is 15.2 Å². The van der Waals surface area contributed by atoms with Crippen molar-refractivity contribution in [2.75, 3.05) is 23.4 Å². The molecule has 0 unspecified atom stereocenters. The fourth-order valence-electron chi connectivity index (χ4n) is 3.98. The number of anilines is 3. The topological polar surface area (TPSA) is 120 Å². The molecule has 9 heteroatoms. The number of hydrogen-bond acceptors (Lipinski definition) is 7. The molecule has 2 aromatic rings. The molecule has 29 heavy (non-hydrogen) atoms. The number of carbonyl (C=O) groups excluding carboxylic acids is 1. The fourth-order valence-corrected chi connectivity index (χ4v) is 3.98. The van der Waals surface area contributed by atoms with E-state index >= 15 is 0 Å². The van der Waals surface area contributed by atoms with Crippen LogP contribution in [0.4, 0.5) is 17.5 Å². The van der Waals surface area contributed by atoms with Gasteiger partial charge in [-0.15, -0.1) is 0 Å². The molecule has 0 bridgehead atoms. The van der Waals surface area contributed by atoms with Gasteiger partial charge in [0.1, 0.15) is 11.2 Å². The summed E-state index contributed by atoms with van der Waals surface area (Å²) in [6, 6.07) is 4.02. The minimum Gasteiger partial charge on any atom is -0.394 e. The molecule has 1 amide bonds. The van der Waals surface area contributed by atoms with Crippen LogP contribution in [-0.2, 0) is 10.3 Å². The Morgan fingerprint density at radius 3 is 2.86 bits per heavy atom. The molecule has 4 rings (SSSR count). The van der Waals surface area contributed by atoms with Crippen molar-refractivity contribution in [3.05, 3.63) is 24.7 Å². The first-order valence-corrected chi connectivity index (χ1v) is 9.81. The largest absolute Gasteiger partial charge is 0.394 e. The number of hydrogen-bond donors (Lipinski definition) is 2. The normalized spacial score (nSPS) is 24.6. The van der Waals surface area contributed by atoms with Crippen molar-refractivity contribution in [2.45, 2.75) is 39.2 Å². The minimum absolute atomic E-state index is 0.0437. The van der Waals surface area contributed by atoms with Crippen molar-refractivity contribution in [3.8, 4) is 6.07 Å². The molecule has 1 saturated carbocycles. The summed E-state index contributed by atoms with van der Waals surface area (Å²) >= 11 is 0. The van der Waals surface area contributed by atoms with E-state index in [4.69, 9.17) is 0 Å². The van der Waals surface area contributed by atoms with Gasteiger partial charge in [0.15, 0.2) is 0 Å². The first kappa shape index (κ1) is 19.3. The second-order valence-corrected chi connectivity index (χ2v) is 8.58. The standard InChI is InChI=1S/C20H25N7O2/c1-13-9-26(17(29)20(13,11-21)14-4-5-14)16-6-7-22-18(25-16)24-15-8-23-27(10-15)19(2,3)12-28/h6-8,10,13-14,28H,4-5,9,12H2,1-3H3,(H,22,24,25)/t13-,20+/m1/s1. The maximum absolute atomic E-state index is 13.2. The van der Waals surface area contributed by atoms with Crippen molar-refractivity contribution in [1.82, 2.24) is 19.7 Å². The van der Waals surface area contributed by atoms with Gasteiger partial charge >= 0.3 is 0 Å². The molecule has 2 fully saturated rings. The summed E-state index contributed by atoms with van der Waals surface area (Å²) in [5, 5.41) is 26.7. The number of aliphatic hydroxyl groups excluding tert-OH is 1. The zero-order chi connectivity index (χ0) is 20.8. The van der Waals surface area contributed by atoms with Gasteiger partial charge in [-0.2, -0.15) is 15.3 Å². The molecule has 1 aliphatic carbocycles. The lowest BCUT2D eigenvalue weighted by atomic mass is 9.75. The lowest BCUT2D eigenvalue weighted by Gasteiger charge is -2.22. The van der Waals surface area contributed by atoms with Crippen LogP contribution in [0.5, 0.6) is 0 Å². The number of nitriles is 1. The number of aliphatic hydroxyl groups is 1. The molecule has 2 aliphatic rings. The van der Waals surface area contributed by atoms with Gasteiger partial charge in [-0.05, 0) is 38.7 Å². The lowest BCUT2D eigenvalue weighted by Crippen LogP contribution is -2.37. The van der Waals surface area contributed by atoms with Crippen molar-refractivity contribution < 1.29 is 9.90 Å². The van der Waals surface area contributed by atoms with Gasteiger partial charge in [0, 0.05) is 24.9 Å². The number of rotatable bonds is 6. The molecule has 2 atom stereocenters. The number of aromatic nitrogens is 4. The number of carbonyl (C=O) groups is 1. The predicted molar refractivity (Wildman–Crippen MR) is 106 cm³/mol. The van der Waals surface area contributed by atoms with Crippen LogP contribution in [-0.4, -0.2) is 43.9 Å². The van der Waals surface area contributed by atoms with Crippen LogP contribution in [0.1, 0.15) is 33.6 Å². The van der Waals surface area contributed by atoms with Crippen LogP contribution in [0.15, 0.2) is 24.7 Å². The zero-order valence-corrected chi connectivity index (χ0v) is 16.8. The molecular weight excluding hydrogens is 370 g/mol. The van der Waals surface area contributed by atoms with Gasteiger partial charge < -0.3 is 10.4 Å². The molecule has 1 saturated heterocycles. The predicted octanol–water partition coefficient (Wildman–Crippen LogP) is 2.05. The third kappa shape index (κ3) is 3.13. The number of amides is 1. The van der Waals surface area contributed by atoms with E-state index in [0.29, 0.717) is 24.0 Å². The van der Waals surface area contributed by atoms with Crippen LogP contribution in [0.25, 0.3) is 0 Å². The third-order valence-electron chi connectivity index (χ3n) is 6.00. The van der Waals surface area contributed by atoms with Crippen LogP contribution in [0, 0.1) is 28.6 Å². The highest BCUT2D eigenvalue weighted by molar-refractivity contribution is 6.02.